The minimum Gasteiger partial charge on any atom is -0.343 e. The molecular formula is C12H20FN3O2. The fourth-order valence-corrected chi connectivity index (χ4v) is 2.55. The molecule has 0 aromatic heterocycles. The number of alkyl halides is 1. The van der Waals surface area contributed by atoms with Crippen LogP contribution in [0.15, 0.2) is 0 Å². The molecule has 0 aromatic rings. The molecule has 18 heavy (non-hydrogen) atoms. The van der Waals surface area contributed by atoms with Crippen LogP contribution in [-0.2, 0) is 9.59 Å². The second-order valence-corrected chi connectivity index (χ2v) is 4.81. The lowest BCUT2D eigenvalue weighted by Gasteiger charge is -2.33. The SMILES string of the molecule is O=C(CC1NCCN(CCF)C1=O)N1CCCC1. The maximum absolute atomic E-state index is 12.3. The zero-order valence-electron chi connectivity index (χ0n) is 10.5. The van der Waals surface area contributed by atoms with E-state index in [4.69, 9.17) is 0 Å². The van der Waals surface area contributed by atoms with E-state index in [1.807, 2.05) is 4.90 Å². The molecule has 2 aliphatic heterocycles. The molecule has 0 aromatic carbocycles. The summed E-state index contributed by atoms with van der Waals surface area (Å²) >= 11 is 0. The van der Waals surface area contributed by atoms with Gasteiger partial charge in [0.25, 0.3) is 0 Å². The van der Waals surface area contributed by atoms with E-state index in [0.717, 1.165) is 25.9 Å². The third-order valence-corrected chi connectivity index (χ3v) is 3.57. The molecule has 2 saturated heterocycles. The van der Waals surface area contributed by atoms with E-state index in [9.17, 15) is 14.0 Å². The van der Waals surface area contributed by atoms with Crippen molar-refractivity contribution < 1.29 is 14.0 Å². The second kappa shape index (κ2) is 6.13. The number of amides is 2. The topological polar surface area (TPSA) is 52.7 Å². The van der Waals surface area contributed by atoms with Crippen molar-refractivity contribution >= 4 is 11.8 Å². The Kier molecular flexibility index (Phi) is 4.52. The van der Waals surface area contributed by atoms with Gasteiger partial charge in [0.05, 0.1) is 12.5 Å². The summed E-state index contributed by atoms with van der Waals surface area (Å²) in [4.78, 5) is 27.3. The Morgan fingerprint density at radius 2 is 2.06 bits per heavy atom. The molecule has 0 bridgehead atoms. The summed E-state index contributed by atoms with van der Waals surface area (Å²) in [5.41, 5.74) is 0. The fourth-order valence-electron chi connectivity index (χ4n) is 2.55. The van der Waals surface area contributed by atoms with Crippen molar-refractivity contribution in [1.29, 1.82) is 0 Å². The molecule has 1 atom stereocenters. The van der Waals surface area contributed by atoms with Crippen LogP contribution in [0.25, 0.3) is 0 Å². The lowest BCUT2D eigenvalue weighted by molar-refractivity contribution is -0.140. The Hall–Kier alpha value is -1.17. The number of piperazine rings is 1. The molecule has 0 radical (unpaired) electrons. The first-order valence-corrected chi connectivity index (χ1v) is 6.58. The molecule has 0 saturated carbocycles. The Morgan fingerprint density at radius 1 is 1.33 bits per heavy atom. The second-order valence-electron chi connectivity index (χ2n) is 4.81. The van der Waals surface area contributed by atoms with Gasteiger partial charge in [-0.15, -0.1) is 0 Å². The first kappa shape index (κ1) is 13.3. The van der Waals surface area contributed by atoms with Crippen LogP contribution >= 0.6 is 0 Å². The zero-order chi connectivity index (χ0) is 13.0. The van der Waals surface area contributed by atoms with Crippen LogP contribution in [-0.4, -0.2) is 67.1 Å². The van der Waals surface area contributed by atoms with Gasteiger partial charge in [-0.1, -0.05) is 0 Å². The number of carbonyl (C=O) groups is 2. The third-order valence-electron chi connectivity index (χ3n) is 3.57. The Labute approximate surface area is 106 Å². The standard InChI is InChI=1S/C12H20FN3O2/c13-3-7-16-8-4-14-10(12(16)18)9-11(17)15-5-1-2-6-15/h10,14H,1-9H2. The predicted molar refractivity (Wildman–Crippen MR) is 64.8 cm³/mol. The van der Waals surface area contributed by atoms with Crippen LogP contribution in [0.2, 0.25) is 0 Å². The van der Waals surface area contributed by atoms with E-state index in [1.54, 1.807) is 0 Å². The molecule has 0 spiro atoms. The minimum absolute atomic E-state index is 0.0282. The first-order chi connectivity index (χ1) is 8.72. The molecule has 6 heteroatoms. The van der Waals surface area contributed by atoms with Crippen molar-refractivity contribution in [3.05, 3.63) is 0 Å². The van der Waals surface area contributed by atoms with Gasteiger partial charge in [0.1, 0.15) is 6.67 Å². The molecule has 2 fully saturated rings. The maximum atomic E-state index is 12.3. The summed E-state index contributed by atoms with van der Waals surface area (Å²) in [7, 11) is 0. The number of nitrogens with zero attached hydrogens (tertiary/aromatic N) is 2. The summed E-state index contributed by atoms with van der Waals surface area (Å²) in [6.07, 6.45) is 2.29. The average molecular weight is 257 g/mol. The Morgan fingerprint density at radius 3 is 2.72 bits per heavy atom. The average Bonchev–Trinajstić information content (AvgIpc) is 2.88. The lowest BCUT2D eigenvalue weighted by Crippen LogP contribution is -2.56. The van der Waals surface area contributed by atoms with E-state index < -0.39 is 12.7 Å². The van der Waals surface area contributed by atoms with E-state index in [-0.39, 0.29) is 24.8 Å². The van der Waals surface area contributed by atoms with Crippen LogP contribution in [0, 0.1) is 0 Å². The number of hydrogen-bond donors (Lipinski definition) is 1. The molecule has 2 amide bonds. The van der Waals surface area contributed by atoms with Crippen molar-refractivity contribution in [3.8, 4) is 0 Å². The minimum atomic E-state index is -0.529. The third kappa shape index (κ3) is 2.98. The number of halogens is 1. The maximum Gasteiger partial charge on any atom is 0.240 e. The number of nitrogens with one attached hydrogen (secondary N) is 1. The fraction of sp³-hybridized carbons (Fsp3) is 0.833. The van der Waals surface area contributed by atoms with Crippen LogP contribution in [0.3, 0.4) is 0 Å². The number of rotatable bonds is 4. The quantitative estimate of drug-likeness (QED) is 0.757. The van der Waals surface area contributed by atoms with Crippen molar-refractivity contribution in [2.45, 2.75) is 25.3 Å². The number of likely N-dealkylation sites (tertiary alicyclic amines) is 1. The van der Waals surface area contributed by atoms with E-state index >= 15 is 0 Å². The van der Waals surface area contributed by atoms with E-state index in [2.05, 4.69) is 5.32 Å². The summed E-state index contributed by atoms with van der Waals surface area (Å²) in [5, 5.41) is 3.05. The van der Waals surface area contributed by atoms with Gasteiger partial charge in [-0.05, 0) is 12.8 Å². The monoisotopic (exact) mass is 257 g/mol. The molecule has 1 N–H and O–H groups in total. The highest BCUT2D eigenvalue weighted by atomic mass is 19.1. The van der Waals surface area contributed by atoms with E-state index in [0.29, 0.717) is 13.1 Å². The van der Waals surface area contributed by atoms with Gasteiger partial charge >= 0.3 is 0 Å². The van der Waals surface area contributed by atoms with Crippen molar-refractivity contribution in [2.75, 3.05) is 39.4 Å². The lowest BCUT2D eigenvalue weighted by atomic mass is 10.1. The van der Waals surface area contributed by atoms with Crippen LogP contribution in [0.1, 0.15) is 19.3 Å². The van der Waals surface area contributed by atoms with E-state index in [1.165, 1.54) is 4.90 Å². The molecule has 2 heterocycles. The molecule has 2 rings (SSSR count). The Balaban J connectivity index is 1.87. The van der Waals surface area contributed by atoms with Gasteiger partial charge in [0.15, 0.2) is 0 Å². The van der Waals surface area contributed by atoms with Gasteiger partial charge in [-0.3, -0.25) is 9.59 Å². The molecule has 0 aliphatic carbocycles. The molecule has 1 unspecified atom stereocenters. The van der Waals surface area contributed by atoms with Crippen molar-refractivity contribution in [2.24, 2.45) is 0 Å². The smallest absolute Gasteiger partial charge is 0.240 e. The zero-order valence-corrected chi connectivity index (χ0v) is 10.5. The highest BCUT2D eigenvalue weighted by Crippen LogP contribution is 2.12. The van der Waals surface area contributed by atoms with Crippen LogP contribution in [0.5, 0.6) is 0 Å². The summed E-state index contributed by atoms with van der Waals surface area (Å²) in [5.74, 6) is -0.119. The molecule has 102 valence electrons. The number of hydrogen-bond acceptors (Lipinski definition) is 3. The summed E-state index contributed by atoms with van der Waals surface area (Å²) in [6.45, 7) is 2.36. The Bertz CT molecular complexity index is 316. The summed E-state index contributed by atoms with van der Waals surface area (Å²) < 4.78 is 12.3. The van der Waals surface area contributed by atoms with Gasteiger partial charge < -0.3 is 15.1 Å². The van der Waals surface area contributed by atoms with Gasteiger partial charge in [-0.2, -0.15) is 0 Å². The normalized spacial score (nSPS) is 24.7. The molecule has 2 aliphatic rings. The predicted octanol–water partition coefficient (Wildman–Crippen LogP) is -0.231. The van der Waals surface area contributed by atoms with Crippen LogP contribution < -0.4 is 5.32 Å². The largest absolute Gasteiger partial charge is 0.343 e. The highest BCUT2D eigenvalue weighted by molar-refractivity contribution is 5.89. The number of carbonyl (C=O) groups excluding carboxylic acids is 2. The first-order valence-electron chi connectivity index (χ1n) is 6.58. The molecule has 5 nitrogen and oxygen atoms in total. The highest BCUT2D eigenvalue weighted by Gasteiger charge is 2.31. The van der Waals surface area contributed by atoms with Crippen molar-refractivity contribution in [1.82, 2.24) is 15.1 Å². The van der Waals surface area contributed by atoms with Gasteiger partial charge in [0.2, 0.25) is 11.8 Å². The van der Waals surface area contributed by atoms with Gasteiger partial charge in [0, 0.05) is 32.7 Å². The summed E-state index contributed by atoms with van der Waals surface area (Å²) in [6, 6.07) is -0.474. The van der Waals surface area contributed by atoms with Crippen LogP contribution in [0.4, 0.5) is 4.39 Å². The molecular weight excluding hydrogens is 237 g/mol. The van der Waals surface area contributed by atoms with Gasteiger partial charge in [-0.25, -0.2) is 4.39 Å². The van der Waals surface area contributed by atoms with Crippen molar-refractivity contribution in [3.63, 3.8) is 0 Å².